The van der Waals surface area contributed by atoms with E-state index in [2.05, 4.69) is 5.32 Å². The fourth-order valence-electron chi connectivity index (χ4n) is 1.83. The molecule has 106 valence electrons. The largest absolute Gasteiger partial charge is 0.354 e. The van der Waals surface area contributed by atoms with E-state index in [-0.39, 0.29) is 42.9 Å². The van der Waals surface area contributed by atoms with Gasteiger partial charge in [0.2, 0.25) is 5.91 Å². The topological polar surface area (TPSA) is 83.6 Å². The molecule has 1 rings (SSSR count). The molecule has 20 heavy (non-hydrogen) atoms. The average Bonchev–Trinajstić information content (AvgIpc) is 2.61. The number of carbonyl (C=O) groups is 4. The van der Waals surface area contributed by atoms with Crippen molar-refractivity contribution in [2.24, 2.45) is 0 Å². The van der Waals surface area contributed by atoms with Crippen LogP contribution in [0.25, 0.3) is 0 Å². The summed E-state index contributed by atoms with van der Waals surface area (Å²) in [6.07, 6.45) is 3.02. The first kappa shape index (κ1) is 16.1. The Balaban J connectivity index is 2.15. The lowest BCUT2D eigenvalue weighted by molar-refractivity contribution is -0.137. The van der Waals surface area contributed by atoms with Gasteiger partial charge < -0.3 is 10.1 Å². The third-order valence-corrected chi connectivity index (χ3v) is 2.92. The lowest BCUT2D eigenvalue weighted by Gasteiger charge is -2.14. The fourth-order valence-corrected chi connectivity index (χ4v) is 1.83. The highest BCUT2D eigenvalue weighted by atomic mass is 16.2. The summed E-state index contributed by atoms with van der Waals surface area (Å²) in [5.74, 6) is -0.827. The van der Waals surface area contributed by atoms with Crippen LogP contribution >= 0.6 is 0 Å². The Bertz CT molecular complexity index is 459. The molecule has 3 amide bonds. The van der Waals surface area contributed by atoms with Crippen LogP contribution in [0.1, 0.15) is 32.6 Å². The first-order chi connectivity index (χ1) is 9.41. The summed E-state index contributed by atoms with van der Waals surface area (Å²) >= 11 is 0. The Morgan fingerprint density at radius 1 is 1.25 bits per heavy atom. The predicted octanol–water partition coefficient (Wildman–Crippen LogP) is -0.327. The standard InChI is InChI=1S/C13H17BN2O4/c1-9-8-12(19)16(13(9)20)7-6-15-11(18)5-3-2-4-10(14)17/h8H,2-7H2,1H3,(H,15,18). The summed E-state index contributed by atoms with van der Waals surface area (Å²) in [6.45, 7) is 1.98. The van der Waals surface area contributed by atoms with Gasteiger partial charge in [-0.3, -0.25) is 19.3 Å². The van der Waals surface area contributed by atoms with E-state index in [0.717, 1.165) is 4.90 Å². The van der Waals surface area contributed by atoms with Crippen LogP contribution in [0.4, 0.5) is 0 Å². The van der Waals surface area contributed by atoms with Crippen LogP contribution in [0, 0.1) is 0 Å². The molecule has 0 saturated heterocycles. The van der Waals surface area contributed by atoms with Gasteiger partial charge in [-0.25, -0.2) is 0 Å². The van der Waals surface area contributed by atoms with Crippen LogP contribution in [0.3, 0.4) is 0 Å². The first-order valence-corrected chi connectivity index (χ1v) is 6.51. The second-order valence-electron chi connectivity index (χ2n) is 4.65. The number of carbonyl (C=O) groups excluding carboxylic acids is 4. The maximum absolute atomic E-state index is 11.5. The van der Waals surface area contributed by atoms with Gasteiger partial charge in [0, 0.05) is 31.2 Å². The molecule has 0 fully saturated rings. The number of amides is 3. The van der Waals surface area contributed by atoms with Gasteiger partial charge in [0.15, 0.2) is 7.85 Å². The molecular formula is C13H17BN2O4. The van der Waals surface area contributed by atoms with Crippen molar-refractivity contribution in [3.8, 4) is 0 Å². The van der Waals surface area contributed by atoms with Crippen LogP contribution in [0.2, 0.25) is 0 Å². The Morgan fingerprint density at radius 2 is 1.90 bits per heavy atom. The van der Waals surface area contributed by atoms with Crippen molar-refractivity contribution in [1.29, 1.82) is 0 Å². The van der Waals surface area contributed by atoms with Crippen LogP contribution in [0.15, 0.2) is 11.6 Å². The minimum absolute atomic E-state index is 0.165. The van der Waals surface area contributed by atoms with E-state index in [9.17, 15) is 19.2 Å². The number of imide groups is 1. The first-order valence-electron chi connectivity index (χ1n) is 6.51. The molecule has 0 aromatic heterocycles. The summed E-state index contributed by atoms with van der Waals surface area (Å²) in [5.41, 5.74) is 0.0344. The van der Waals surface area contributed by atoms with Gasteiger partial charge in [-0.1, -0.05) is 0 Å². The van der Waals surface area contributed by atoms with Gasteiger partial charge in [-0.05, 0) is 26.2 Å². The van der Waals surface area contributed by atoms with Gasteiger partial charge in [-0.2, -0.15) is 0 Å². The second kappa shape index (κ2) is 7.62. The Morgan fingerprint density at radius 3 is 2.45 bits per heavy atom. The quantitative estimate of drug-likeness (QED) is 0.374. The fraction of sp³-hybridized carbons (Fsp3) is 0.538. The summed E-state index contributed by atoms with van der Waals surface area (Å²) in [5, 5.41) is 2.63. The highest BCUT2D eigenvalue weighted by Gasteiger charge is 2.27. The monoisotopic (exact) mass is 276 g/mol. The van der Waals surface area contributed by atoms with Crippen molar-refractivity contribution in [1.82, 2.24) is 10.2 Å². The van der Waals surface area contributed by atoms with E-state index in [0.29, 0.717) is 24.8 Å². The maximum Gasteiger partial charge on any atom is 0.256 e. The van der Waals surface area contributed by atoms with Crippen molar-refractivity contribution < 1.29 is 19.2 Å². The third-order valence-electron chi connectivity index (χ3n) is 2.92. The van der Waals surface area contributed by atoms with Gasteiger partial charge in [0.05, 0.1) is 5.68 Å². The predicted molar refractivity (Wildman–Crippen MR) is 72.7 cm³/mol. The Hall–Kier alpha value is -1.92. The third kappa shape index (κ3) is 4.99. The number of hydrogen-bond acceptors (Lipinski definition) is 4. The van der Waals surface area contributed by atoms with E-state index in [1.807, 2.05) is 0 Å². The molecule has 0 aromatic carbocycles. The van der Waals surface area contributed by atoms with Gasteiger partial charge >= 0.3 is 0 Å². The van der Waals surface area contributed by atoms with Crippen molar-refractivity contribution >= 4 is 31.3 Å². The van der Waals surface area contributed by atoms with Crippen LogP contribution < -0.4 is 5.32 Å². The lowest BCUT2D eigenvalue weighted by Crippen LogP contribution is -2.38. The van der Waals surface area contributed by atoms with E-state index >= 15 is 0 Å². The molecule has 1 aliphatic rings. The lowest BCUT2D eigenvalue weighted by atomic mass is 9.97. The number of hydrogen-bond donors (Lipinski definition) is 1. The summed E-state index contributed by atoms with van der Waals surface area (Å²) < 4.78 is 0. The van der Waals surface area contributed by atoms with E-state index in [4.69, 9.17) is 7.85 Å². The highest BCUT2D eigenvalue weighted by Crippen LogP contribution is 2.10. The van der Waals surface area contributed by atoms with Gasteiger partial charge in [0.1, 0.15) is 0 Å². The zero-order chi connectivity index (χ0) is 15.1. The molecule has 1 aliphatic heterocycles. The maximum atomic E-state index is 11.5. The molecule has 1 heterocycles. The Kier molecular flexibility index (Phi) is 6.15. The summed E-state index contributed by atoms with van der Waals surface area (Å²) in [7, 11) is 4.98. The van der Waals surface area contributed by atoms with Crippen molar-refractivity contribution in [3.63, 3.8) is 0 Å². The molecule has 0 aromatic rings. The number of nitrogens with zero attached hydrogens (tertiary/aromatic N) is 1. The van der Waals surface area contributed by atoms with Crippen molar-refractivity contribution in [2.45, 2.75) is 32.6 Å². The zero-order valence-corrected chi connectivity index (χ0v) is 11.5. The molecule has 0 saturated carbocycles. The molecule has 0 spiro atoms. The molecule has 2 radical (unpaired) electrons. The van der Waals surface area contributed by atoms with Crippen LogP contribution in [0.5, 0.6) is 0 Å². The smallest absolute Gasteiger partial charge is 0.256 e. The highest BCUT2D eigenvalue weighted by molar-refractivity contribution is 6.57. The molecule has 0 atom stereocenters. The SMILES string of the molecule is [B]C(=O)CCCCC(=O)NCCN1C(=O)C=C(C)C1=O. The van der Waals surface area contributed by atoms with Crippen LogP contribution in [-0.2, 0) is 19.2 Å². The minimum atomic E-state index is -0.376. The van der Waals surface area contributed by atoms with Gasteiger partial charge in [-0.15, -0.1) is 0 Å². The average molecular weight is 276 g/mol. The molecule has 6 nitrogen and oxygen atoms in total. The summed E-state index contributed by atoms with van der Waals surface area (Å²) in [6, 6.07) is 0. The van der Waals surface area contributed by atoms with E-state index < -0.39 is 0 Å². The number of unbranched alkanes of at least 4 members (excludes halogenated alkanes) is 1. The number of rotatable bonds is 8. The number of nitrogens with one attached hydrogen (secondary N) is 1. The molecule has 0 bridgehead atoms. The molecule has 1 N–H and O–H groups in total. The molecule has 0 aliphatic carbocycles. The van der Waals surface area contributed by atoms with Crippen LogP contribution in [-0.4, -0.2) is 49.2 Å². The molecule has 7 heteroatoms. The zero-order valence-electron chi connectivity index (χ0n) is 11.5. The van der Waals surface area contributed by atoms with Gasteiger partial charge in [0.25, 0.3) is 11.8 Å². The van der Waals surface area contributed by atoms with Crippen molar-refractivity contribution in [3.05, 3.63) is 11.6 Å². The molecular weight excluding hydrogens is 259 g/mol. The normalized spacial score (nSPS) is 14.4. The summed E-state index contributed by atoms with van der Waals surface area (Å²) in [4.78, 5) is 46.0. The van der Waals surface area contributed by atoms with E-state index in [1.165, 1.54) is 6.08 Å². The Labute approximate surface area is 119 Å². The van der Waals surface area contributed by atoms with E-state index in [1.54, 1.807) is 6.92 Å². The minimum Gasteiger partial charge on any atom is -0.354 e. The van der Waals surface area contributed by atoms with Crippen molar-refractivity contribution in [2.75, 3.05) is 13.1 Å². The molecule has 0 unspecified atom stereocenters. The second-order valence-corrected chi connectivity index (χ2v) is 4.65.